The van der Waals surface area contributed by atoms with E-state index in [0.29, 0.717) is 18.0 Å². The Balaban J connectivity index is 0.00000320. The van der Waals surface area contributed by atoms with Gasteiger partial charge < -0.3 is 15.0 Å². The van der Waals surface area contributed by atoms with Gasteiger partial charge in [0.25, 0.3) is 0 Å². The second-order valence-electron chi connectivity index (χ2n) is 7.20. The van der Waals surface area contributed by atoms with Crippen LogP contribution in [-0.2, 0) is 24.9 Å². The first-order chi connectivity index (χ1) is 13.8. The summed E-state index contributed by atoms with van der Waals surface area (Å²) < 4.78 is 42.9. The van der Waals surface area contributed by atoms with Gasteiger partial charge in [-0.1, -0.05) is 24.3 Å². The molecule has 0 amide bonds. The van der Waals surface area contributed by atoms with E-state index in [0.717, 1.165) is 31.0 Å². The van der Waals surface area contributed by atoms with Gasteiger partial charge in [0.15, 0.2) is 5.96 Å². The van der Waals surface area contributed by atoms with Gasteiger partial charge in [0, 0.05) is 45.8 Å². The molecule has 10 heteroatoms. The van der Waals surface area contributed by atoms with E-state index in [4.69, 9.17) is 0 Å². The number of rotatable bonds is 6. The van der Waals surface area contributed by atoms with Crippen molar-refractivity contribution < 1.29 is 17.9 Å². The summed E-state index contributed by atoms with van der Waals surface area (Å²) in [4.78, 5) is 6.62. The number of likely N-dealkylation sites (tertiary alicyclic amines) is 1. The van der Waals surface area contributed by atoms with Crippen molar-refractivity contribution in [2.75, 3.05) is 26.7 Å². The molecule has 6 nitrogen and oxygen atoms in total. The monoisotopic (exact) mass is 537 g/mol. The molecule has 2 heterocycles. The summed E-state index contributed by atoms with van der Waals surface area (Å²) in [6, 6.07) is 7.33. The van der Waals surface area contributed by atoms with Crippen molar-refractivity contribution >= 4 is 29.9 Å². The first kappa shape index (κ1) is 24.4. The van der Waals surface area contributed by atoms with Crippen molar-refractivity contribution in [3.8, 4) is 0 Å². The molecule has 0 spiro atoms. The Morgan fingerprint density at radius 3 is 2.57 bits per heavy atom. The molecule has 1 aliphatic heterocycles. The second kappa shape index (κ2) is 11.0. The Morgan fingerprint density at radius 1 is 1.27 bits per heavy atom. The Kier molecular flexibility index (Phi) is 8.95. The molecule has 1 fully saturated rings. The van der Waals surface area contributed by atoms with Gasteiger partial charge in [0.05, 0.1) is 12.8 Å². The Bertz CT molecular complexity index is 823. The zero-order valence-electron chi connectivity index (χ0n) is 17.0. The first-order valence-electron chi connectivity index (χ1n) is 9.50. The number of alkyl halides is 3. The number of benzene rings is 1. The van der Waals surface area contributed by atoms with Crippen molar-refractivity contribution in [2.45, 2.75) is 31.7 Å². The minimum Gasteiger partial charge on any atom is -0.367 e. The Hall–Kier alpha value is -1.82. The van der Waals surface area contributed by atoms with Crippen molar-refractivity contribution in [2.24, 2.45) is 12.0 Å². The standard InChI is InChI=1S/C20H26F3N5O.HI/c1-24-19(28-8-7-17(12-28)18-10-26-27(2)11-18)25-9-15-3-5-16(6-4-15)13-29-14-20(21,22)23;/h3-6,10-11,17H,7-9,12-14H2,1-2H3,(H,24,25);1H. The van der Waals surface area contributed by atoms with Crippen LogP contribution in [-0.4, -0.2) is 53.6 Å². The van der Waals surface area contributed by atoms with E-state index in [1.54, 1.807) is 19.2 Å². The second-order valence-corrected chi connectivity index (χ2v) is 7.20. The lowest BCUT2D eigenvalue weighted by atomic mass is 10.0. The van der Waals surface area contributed by atoms with E-state index in [1.165, 1.54) is 5.56 Å². The predicted molar refractivity (Wildman–Crippen MR) is 120 cm³/mol. The normalized spacial score (nSPS) is 17.2. The highest BCUT2D eigenvalue weighted by Crippen LogP contribution is 2.26. The molecule has 3 rings (SSSR count). The van der Waals surface area contributed by atoms with Gasteiger partial charge >= 0.3 is 6.18 Å². The number of guanidine groups is 1. The summed E-state index contributed by atoms with van der Waals surface area (Å²) in [5.74, 6) is 1.28. The number of aliphatic imine (C=N–C) groups is 1. The fourth-order valence-corrected chi connectivity index (χ4v) is 3.43. The first-order valence-corrected chi connectivity index (χ1v) is 9.50. The molecule has 1 unspecified atom stereocenters. The molecule has 1 N–H and O–H groups in total. The molecule has 2 aromatic rings. The van der Waals surface area contributed by atoms with Gasteiger partial charge in [-0.25, -0.2) is 0 Å². The van der Waals surface area contributed by atoms with Crippen LogP contribution >= 0.6 is 24.0 Å². The highest BCUT2D eigenvalue weighted by Gasteiger charge is 2.28. The van der Waals surface area contributed by atoms with Gasteiger partial charge in [0.1, 0.15) is 6.61 Å². The molecule has 0 radical (unpaired) electrons. The van der Waals surface area contributed by atoms with Crippen LogP contribution in [0, 0.1) is 0 Å². The fraction of sp³-hybridized carbons (Fsp3) is 0.500. The highest BCUT2D eigenvalue weighted by molar-refractivity contribution is 14.0. The van der Waals surface area contributed by atoms with E-state index < -0.39 is 12.8 Å². The molecule has 0 saturated carbocycles. The van der Waals surface area contributed by atoms with Crippen LogP contribution in [0.2, 0.25) is 0 Å². The number of aromatic nitrogens is 2. The van der Waals surface area contributed by atoms with Crippen molar-refractivity contribution in [3.63, 3.8) is 0 Å². The summed E-state index contributed by atoms with van der Waals surface area (Å²) in [6.45, 7) is 1.11. The number of halogens is 4. The number of nitrogens with one attached hydrogen (secondary N) is 1. The molecule has 30 heavy (non-hydrogen) atoms. The van der Waals surface area contributed by atoms with Crippen LogP contribution < -0.4 is 5.32 Å². The maximum absolute atomic E-state index is 12.1. The quantitative estimate of drug-likeness (QED) is 0.347. The van der Waals surface area contributed by atoms with E-state index in [1.807, 2.05) is 30.1 Å². The average molecular weight is 537 g/mol. The van der Waals surface area contributed by atoms with E-state index in [-0.39, 0.29) is 30.6 Å². The summed E-state index contributed by atoms with van der Waals surface area (Å²) >= 11 is 0. The van der Waals surface area contributed by atoms with Crippen LogP contribution in [0.3, 0.4) is 0 Å². The minimum absolute atomic E-state index is 0. The van der Waals surface area contributed by atoms with Crippen molar-refractivity contribution in [1.82, 2.24) is 20.0 Å². The van der Waals surface area contributed by atoms with E-state index in [2.05, 4.69) is 31.2 Å². The molecular formula is C20H27F3IN5O. The third-order valence-corrected chi connectivity index (χ3v) is 4.90. The Labute approximate surface area is 191 Å². The van der Waals surface area contributed by atoms with Gasteiger partial charge in [-0.05, 0) is 23.1 Å². The maximum Gasteiger partial charge on any atom is 0.411 e. The lowest BCUT2D eigenvalue weighted by Gasteiger charge is -2.21. The zero-order valence-corrected chi connectivity index (χ0v) is 19.4. The summed E-state index contributed by atoms with van der Waals surface area (Å²) in [5.41, 5.74) is 2.98. The van der Waals surface area contributed by atoms with Crippen LogP contribution in [0.5, 0.6) is 0 Å². The van der Waals surface area contributed by atoms with Crippen molar-refractivity contribution in [1.29, 1.82) is 0 Å². The topological polar surface area (TPSA) is 54.7 Å². The maximum atomic E-state index is 12.1. The van der Waals surface area contributed by atoms with Crippen molar-refractivity contribution in [3.05, 3.63) is 53.3 Å². The number of hydrogen-bond acceptors (Lipinski definition) is 3. The molecule has 1 aliphatic rings. The molecular weight excluding hydrogens is 510 g/mol. The van der Waals surface area contributed by atoms with Crippen LogP contribution in [0.25, 0.3) is 0 Å². The van der Waals surface area contributed by atoms with Gasteiger partial charge in [0.2, 0.25) is 0 Å². The summed E-state index contributed by atoms with van der Waals surface area (Å²) in [5, 5.41) is 7.62. The molecule has 1 aromatic heterocycles. The summed E-state index contributed by atoms with van der Waals surface area (Å²) in [6.07, 6.45) is 0.735. The number of ether oxygens (including phenoxy) is 1. The molecule has 1 aromatic carbocycles. The lowest BCUT2D eigenvalue weighted by Crippen LogP contribution is -2.39. The SMILES string of the molecule is CN=C(NCc1ccc(COCC(F)(F)F)cc1)N1CCC(c2cnn(C)c2)C1.I. The molecule has 0 aliphatic carbocycles. The minimum atomic E-state index is -4.30. The largest absolute Gasteiger partial charge is 0.411 e. The van der Waals surface area contributed by atoms with Gasteiger partial charge in [-0.2, -0.15) is 18.3 Å². The molecule has 166 valence electrons. The smallest absolute Gasteiger partial charge is 0.367 e. The lowest BCUT2D eigenvalue weighted by molar-refractivity contribution is -0.176. The number of nitrogens with zero attached hydrogens (tertiary/aromatic N) is 4. The highest BCUT2D eigenvalue weighted by atomic mass is 127. The van der Waals surface area contributed by atoms with E-state index >= 15 is 0 Å². The van der Waals surface area contributed by atoms with Crippen LogP contribution in [0.4, 0.5) is 13.2 Å². The van der Waals surface area contributed by atoms with Gasteiger partial charge in [-0.3, -0.25) is 9.67 Å². The molecule has 1 saturated heterocycles. The zero-order chi connectivity index (χ0) is 20.9. The predicted octanol–water partition coefficient (Wildman–Crippen LogP) is 3.68. The number of aryl methyl sites for hydroxylation is 1. The average Bonchev–Trinajstić information content (AvgIpc) is 3.32. The molecule has 1 atom stereocenters. The molecule has 0 bridgehead atoms. The van der Waals surface area contributed by atoms with Crippen LogP contribution in [0.1, 0.15) is 29.0 Å². The van der Waals surface area contributed by atoms with E-state index in [9.17, 15) is 13.2 Å². The summed E-state index contributed by atoms with van der Waals surface area (Å²) in [7, 11) is 3.69. The third-order valence-electron chi connectivity index (χ3n) is 4.90. The third kappa shape index (κ3) is 7.15. The fourth-order valence-electron chi connectivity index (χ4n) is 3.43. The van der Waals surface area contributed by atoms with Gasteiger partial charge in [-0.15, -0.1) is 24.0 Å². The van der Waals surface area contributed by atoms with Crippen LogP contribution in [0.15, 0.2) is 41.7 Å². The number of hydrogen-bond donors (Lipinski definition) is 1. The Morgan fingerprint density at radius 2 is 1.97 bits per heavy atom.